The summed E-state index contributed by atoms with van der Waals surface area (Å²) in [6.45, 7) is 1.40. The SMILES string of the molecule is O=C(c1cccc2ccccc12)N(Cc1cccnc1)c1nc2cc3c(cc2s1)OCCO3. The van der Waals surface area contributed by atoms with Crippen LogP contribution in [0.25, 0.3) is 21.0 Å². The molecule has 0 saturated heterocycles. The van der Waals surface area contributed by atoms with Crippen molar-refractivity contribution >= 4 is 43.4 Å². The van der Waals surface area contributed by atoms with Crippen LogP contribution in [0.3, 0.4) is 0 Å². The van der Waals surface area contributed by atoms with Crippen LogP contribution in [-0.2, 0) is 6.54 Å². The molecule has 0 N–H and O–H groups in total. The molecule has 0 aliphatic carbocycles. The number of carbonyl (C=O) groups is 1. The minimum Gasteiger partial charge on any atom is -0.486 e. The fourth-order valence-electron chi connectivity index (χ4n) is 4.03. The maximum absolute atomic E-state index is 13.9. The summed E-state index contributed by atoms with van der Waals surface area (Å²) in [5, 5.41) is 2.56. The summed E-state index contributed by atoms with van der Waals surface area (Å²) < 4.78 is 12.4. The minimum absolute atomic E-state index is 0.105. The van der Waals surface area contributed by atoms with Crippen LogP contribution >= 0.6 is 11.3 Å². The number of benzene rings is 3. The normalized spacial score (nSPS) is 12.7. The van der Waals surface area contributed by atoms with Crippen LogP contribution < -0.4 is 14.4 Å². The van der Waals surface area contributed by atoms with Gasteiger partial charge in [-0.05, 0) is 28.5 Å². The molecule has 0 saturated carbocycles. The molecule has 1 amide bonds. The third-order valence-electron chi connectivity index (χ3n) is 5.60. The molecule has 2 aromatic heterocycles. The maximum Gasteiger partial charge on any atom is 0.261 e. The molecule has 1 aliphatic heterocycles. The molecule has 3 aromatic carbocycles. The first-order valence-electron chi connectivity index (χ1n) is 10.6. The van der Waals surface area contributed by atoms with Crippen molar-refractivity contribution in [1.29, 1.82) is 0 Å². The zero-order valence-electron chi connectivity index (χ0n) is 17.6. The van der Waals surface area contributed by atoms with Crippen LogP contribution in [0.4, 0.5) is 5.13 Å². The molecular weight excluding hydrogens is 434 g/mol. The van der Waals surface area contributed by atoms with Crippen molar-refractivity contribution in [3.8, 4) is 11.5 Å². The first-order valence-corrected chi connectivity index (χ1v) is 11.5. The second-order valence-corrected chi connectivity index (χ2v) is 8.75. The number of carbonyl (C=O) groups excluding carboxylic acids is 1. The predicted molar refractivity (Wildman–Crippen MR) is 129 cm³/mol. The van der Waals surface area contributed by atoms with Crippen LogP contribution in [0.5, 0.6) is 11.5 Å². The van der Waals surface area contributed by atoms with Crippen molar-refractivity contribution in [1.82, 2.24) is 9.97 Å². The van der Waals surface area contributed by atoms with E-state index in [4.69, 9.17) is 14.5 Å². The molecule has 1 aliphatic rings. The number of amides is 1. The van der Waals surface area contributed by atoms with E-state index < -0.39 is 0 Å². The summed E-state index contributed by atoms with van der Waals surface area (Å²) in [5.41, 5.74) is 2.35. The summed E-state index contributed by atoms with van der Waals surface area (Å²) in [5.74, 6) is 1.29. The van der Waals surface area contributed by atoms with Gasteiger partial charge in [0.1, 0.15) is 13.2 Å². The molecule has 162 valence electrons. The first-order chi connectivity index (χ1) is 16.3. The number of hydrogen-bond donors (Lipinski definition) is 0. The smallest absolute Gasteiger partial charge is 0.261 e. The molecule has 5 aromatic rings. The Morgan fingerprint density at radius 2 is 1.79 bits per heavy atom. The second kappa shape index (κ2) is 8.18. The first kappa shape index (κ1) is 19.7. The quantitative estimate of drug-likeness (QED) is 0.361. The van der Waals surface area contributed by atoms with E-state index in [0.29, 0.717) is 42.0 Å². The predicted octanol–water partition coefficient (Wildman–Crippen LogP) is 5.46. The Balaban J connectivity index is 1.47. The summed E-state index contributed by atoms with van der Waals surface area (Å²) in [6, 6.07) is 21.4. The molecule has 6 nitrogen and oxygen atoms in total. The number of nitrogens with zero attached hydrogens (tertiary/aromatic N) is 3. The number of anilines is 1. The highest BCUT2D eigenvalue weighted by Crippen LogP contribution is 2.39. The van der Waals surface area contributed by atoms with Gasteiger partial charge in [0.05, 0.1) is 16.8 Å². The number of aromatic nitrogens is 2. The number of thiazole rings is 1. The summed E-state index contributed by atoms with van der Waals surface area (Å²) in [6.07, 6.45) is 3.50. The monoisotopic (exact) mass is 453 g/mol. The highest BCUT2D eigenvalue weighted by molar-refractivity contribution is 7.22. The van der Waals surface area contributed by atoms with Crippen molar-refractivity contribution in [2.45, 2.75) is 6.54 Å². The van der Waals surface area contributed by atoms with Crippen LogP contribution in [0.2, 0.25) is 0 Å². The minimum atomic E-state index is -0.105. The van der Waals surface area contributed by atoms with Crippen LogP contribution in [-0.4, -0.2) is 29.1 Å². The third kappa shape index (κ3) is 3.66. The van der Waals surface area contributed by atoms with E-state index in [-0.39, 0.29) is 5.91 Å². The molecule has 6 rings (SSSR count). The van der Waals surface area contributed by atoms with Gasteiger partial charge in [0.2, 0.25) is 0 Å². The lowest BCUT2D eigenvalue weighted by Crippen LogP contribution is -2.30. The van der Waals surface area contributed by atoms with E-state index in [9.17, 15) is 4.79 Å². The third-order valence-corrected chi connectivity index (χ3v) is 6.64. The van der Waals surface area contributed by atoms with E-state index in [0.717, 1.165) is 26.6 Å². The Labute approximate surface area is 194 Å². The standard InChI is InChI=1S/C26H19N3O3S/c30-25(20-9-3-7-18-6-1-2-8-19(18)20)29(16-17-5-4-10-27-15-17)26-28-21-13-22-23(14-24(21)33-26)32-12-11-31-22/h1-10,13-15H,11-12,16H2. The van der Waals surface area contributed by atoms with Crippen molar-refractivity contribution in [3.63, 3.8) is 0 Å². The lowest BCUT2D eigenvalue weighted by Gasteiger charge is -2.21. The molecule has 0 atom stereocenters. The second-order valence-electron chi connectivity index (χ2n) is 7.74. The Hall–Kier alpha value is -3.97. The van der Waals surface area contributed by atoms with E-state index in [1.807, 2.05) is 66.7 Å². The van der Waals surface area contributed by atoms with Gasteiger partial charge in [0.25, 0.3) is 5.91 Å². The zero-order chi connectivity index (χ0) is 22.2. The van der Waals surface area contributed by atoms with Gasteiger partial charge in [-0.25, -0.2) is 4.98 Å². The number of pyridine rings is 1. The Morgan fingerprint density at radius 1 is 0.970 bits per heavy atom. The van der Waals surface area contributed by atoms with Gasteiger partial charge in [-0.3, -0.25) is 14.7 Å². The van der Waals surface area contributed by atoms with E-state index >= 15 is 0 Å². The van der Waals surface area contributed by atoms with Crippen molar-refractivity contribution in [3.05, 3.63) is 90.3 Å². The molecule has 3 heterocycles. The summed E-state index contributed by atoms with van der Waals surface area (Å²) in [4.78, 5) is 24.7. The lowest BCUT2D eigenvalue weighted by molar-refractivity contribution is 0.0986. The van der Waals surface area contributed by atoms with Crippen molar-refractivity contribution in [2.24, 2.45) is 0 Å². The number of rotatable bonds is 4. The lowest BCUT2D eigenvalue weighted by atomic mass is 10.0. The highest BCUT2D eigenvalue weighted by Gasteiger charge is 2.24. The Kier molecular flexibility index (Phi) is 4.88. The molecule has 0 spiro atoms. The van der Waals surface area contributed by atoms with Crippen molar-refractivity contribution in [2.75, 3.05) is 18.1 Å². The molecular formula is C26H19N3O3S. The maximum atomic E-state index is 13.9. The van der Waals surface area contributed by atoms with Gasteiger partial charge in [-0.1, -0.05) is 53.8 Å². The average molecular weight is 454 g/mol. The number of ether oxygens (including phenoxy) is 2. The summed E-state index contributed by atoms with van der Waals surface area (Å²) in [7, 11) is 0. The number of fused-ring (bicyclic) bond motifs is 3. The number of hydrogen-bond acceptors (Lipinski definition) is 6. The van der Waals surface area contributed by atoms with Gasteiger partial charge < -0.3 is 9.47 Å². The van der Waals surface area contributed by atoms with Crippen molar-refractivity contribution < 1.29 is 14.3 Å². The van der Waals surface area contributed by atoms with E-state index in [1.54, 1.807) is 17.3 Å². The van der Waals surface area contributed by atoms with Crippen LogP contribution in [0.15, 0.2) is 79.1 Å². The Morgan fingerprint density at radius 3 is 2.64 bits per heavy atom. The fourth-order valence-corrected chi connectivity index (χ4v) is 5.00. The molecule has 0 fully saturated rings. The summed E-state index contributed by atoms with van der Waals surface area (Å²) >= 11 is 1.46. The average Bonchev–Trinajstić information content (AvgIpc) is 3.28. The van der Waals surface area contributed by atoms with Gasteiger partial charge in [0.15, 0.2) is 16.6 Å². The van der Waals surface area contributed by atoms with Gasteiger partial charge in [0, 0.05) is 30.1 Å². The molecule has 0 radical (unpaired) electrons. The Bertz CT molecular complexity index is 1430. The largest absolute Gasteiger partial charge is 0.486 e. The molecule has 0 unspecified atom stereocenters. The van der Waals surface area contributed by atoms with Crippen LogP contribution in [0.1, 0.15) is 15.9 Å². The van der Waals surface area contributed by atoms with E-state index in [1.165, 1.54) is 11.3 Å². The van der Waals surface area contributed by atoms with Crippen LogP contribution in [0, 0.1) is 0 Å². The molecule has 33 heavy (non-hydrogen) atoms. The highest BCUT2D eigenvalue weighted by atomic mass is 32.1. The van der Waals surface area contributed by atoms with E-state index in [2.05, 4.69) is 4.98 Å². The van der Waals surface area contributed by atoms with Gasteiger partial charge >= 0.3 is 0 Å². The fraction of sp³-hybridized carbons (Fsp3) is 0.115. The van der Waals surface area contributed by atoms with Gasteiger partial charge in [-0.2, -0.15) is 0 Å². The topological polar surface area (TPSA) is 64.6 Å². The molecule has 0 bridgehead atoms. The molecule has 7 heteroatoms. The van der Waals surface area contributed by atoms with Gasteiger partial charge in [-0.15, -0.1) is 0 Å². The zero-order valence-corrected chi connectivity index (χ0v) is 18.4.